The summed E-state index contributed by atoms with van der Waals surface area (Å²) in [5, 5.41) is 38.6. The standard InChI is InChI=1S/C12H17NO7S/c1-5(15)7-2-13-8(21-7)4-19-12-11(18)10(17)9(16)6(3-14)20-12/h2,6,9-12,14,16-18H,3-4H2,1H3/t6-,9-,10+,11+,12+/m1/s1. The van der Waals surface area contributed by atoms with Gasteiger partial charge in [0.1, 0.15) is 36.0 Å². The van der Waals surface area contributed by atoms with Gasteiger partial charge in [-0.05, 0) is 0 Å². The number of hydrogen-bond donors (Lipinski definition) is 4. The van der Waals surface area contributed by atoms with Crippen molar-refractivity contribution >= 4 is 17.1 Å². The van der Waals surface area contributed by atoms with Crippen molar-refractivity contribution in [3.8, 4) is 0 Å². The van der Waals surface area contributed by atoms with Gasteiger partial charge in [0.15, 0.2) is 12.1 Å². The van der Waals surface area contributed by atoms with Crippen molar-refractivity contribution in [3.63, 3.8) is 0 Å². The molecule has 1 aliphatic heterocycles. The first-order valence-electron chi connectivity index (χ1n) is 6.31. The predicted octanol–water partition coefficient (Wildman–Crippen LogP) is -1.34. The third-order valence-corrected chi connectivity index (χ3v) is 4.19. The topological polar surface area (TPSA) is 129 Å². The Morgan fingerprint density at radius 3 is 2.67 bits per heavy atom. The molecule has 21 heavy (non-hydrogen) atoms. The minimum atomic E-state index is -1.48. The first-order valence-corrected chi connectivity index (χ1v) is 7.13. The molecule has 0 aromatic carbocycles. The molecule has 0 radical (unpaired) electrons. The van der Waals surface area contributed by atoms with Gasteiger partial charge in [-0.25, -0.2) is 4.98 Å². The van der Waals surface area contributed by atoms with Crippen LogP contribution in [0.25, 0.3) is 0 Å². The number of aromatic nitrogens is 1. The summed E-state index contributed by atoms with van der Waals surface area (Å²) in [6.07, 6.45) is -5.14. The molecule has 9 heteroatoms. The fraction of sp³-hybridized carbons (Fsp3) is 0.667. The highest BCUT2D eigenvalue weighted by atomic mass is 32.1. The minimum Gasteiger partial charge on any atom is -0.394 e. The van der Waals surface area contributed by atoms with Crippen LogP contribution in [-0.2, 0) is 16.1 Å². The van der Waals surface area contributed by atoms with Crippen molar-refractivity contribution in [1.82, 2.24) is 4.98 Å². The number of ketones is 1. The number of thiazole rings is 1. The molecular weight excluding hydrogens is 302 g/mol. The molecule has 8 nitrogen and oxygen atoms in total. The molecule has 1 aliphatic rings. The SMILES string of the molecule is CC(=O)c1cnc(CO[C@H]2O[C@H](CO)[C@@H](O)[C@H](O)[C@@H]2O)s1. The Balaban J connectivity index is 1.96. The monoisotopic (exact) mass is 319 g/mol. The van der Waals surface area contributed by atoms with Crippen LogP contribution < -0.4 is 0 Å². The fourth-order valence-corrected chi connectivity index (χ4v) is 2.63. The number of aliphatic hydroxyl groups is 4. The van der Waals surface area contributed by atoms with E-state index in [1.807, 2.05) is 0 Å². The number of Topliss-reactive ketones (excluding diaryl/α,β-unsaturated/α-hetero) is 1. The Kier molecular flexibility index (Phi) is 5.38. The van der Waals surface area contributed by atoms with Gasteiger partial charge in [-0.15, -0.1) is 11.3 Å². The first-order chi connectivity index (χ1) is 9.93. The zero-order chi connectivity index (χ0) is 15.6. The van der Waals surface area contributed by atoms with E-state index >= 15 is 0 Å². The number of carbonyl (C=O) groups excluding carboxylic acids is 1. The van der Waals surface area contributed by atoms with Crippen molar-refractivity contribution in [2.75, 3.05) is 6.61 Å². The highest BCUT2D eigenvalue weighted by Gasteiger charge is 2.44. The van der Waals surface area contributed by atoms with Crippen molar-refractivity contribution in [1.29, 1.82) is 0 Å². The van der Waals surface area contributed by atoms with Crippen LogP contribution in [0.5, 0.6) is 0 Å². The molecule has 1 aromatic rings. The summed E-state index contributed by atoms with van der Waals surface area (Å²) >= 11 is 1.15. The maximum Gasteiger partial charge on any atom is 0.187 e. The number of hydrogen-bond acceptors (Lipinski definition) is 9. The molecule has 1 aromatic heterocycles. The lowest BCUT2D eigenvalue weighted by atomic mass is 9.99. The van der Waals surface area contributed by atoms with Crippen LogP contribution in [0.1, 0.15) is 21.6 Å². The Morgan fingerprint density at radius 2 is 2.10 bits per heavy atom. The Morgan fingerprint density at radius 1 is 1.38 bits per heavy atom. The van der Waals surface area contributed by atoms with Gasteiger partial charge in [0.25, 0.3) is 0 Å². The van der Waals surface area contributed by atoms with E-state index in [0.717, 1.165) is 11.3 Å². The smallest absolute Gasteiger partial charge is 0.187 e. The number of nitrogens with zero attached hydrogens (tertiary/aromatic N) is 1. The minimum absolute atomic E-state index is 0.0271. The molecule has 0 aliphatic carbocycles. The molecule has 0 spiro atoms. The maximum absolute atomic E-state index is 11.2. The maximum atomic E-state index is 11.2. The highest BCUT2D eigenvalue weighted by molar-refractivity contribution is 7.13. The van der Waals surface area contributed by atoms with E-state index in [9.17, 15) is 20.1 Å². The number of rotatable bonds is 5. The van der Waals surface area contributed by atoms with Crippen LogP contribution in [0, 0.1) is 0 Å². The average Bonchev–Trinajstić information content (AvgIpc) is 2.93. The lowest BCUT2D eigenvalue weighted by Gasteiger charge is -2.39. The van der Waals surface area contributed by atoms with Gasteiger partial charge in [-0.3, -0.25) is 4.79 Å². The molecule has 4 N–H and O–H groups in total. The third-order valence-electron chi connectivity index (χ3n) is 3.12. The summed E-state index contributed by atoms with van der Waals surface area (Å²) in [6, 6.07) is 0. The molecule has 0 amide bonds. The Labute approximate surface area is 124 Å². The summed E-state index contributed by atoms with van der Waals surface area (Å²) in [4.78, 5) is 15.6. The second-order valence-corrected chi connectivity index (χ2v) is 5.80. The van der Waals surface area contributed by atoms with Crippen molar-refractivity contribution in [2.45, 2.75) is 44.2 Å². The molecule has 0 saturated carbocycles. The van der Waals surface area contributed by atoms with Crippen LogP contribution in [0.3, 0.4) is 0 Å². The number of aliphatic hydroxyl groups excluding tert-OH is 4. The van der Waals surface area contributed by atoms with E-state index in [0.29, 0.717) is 9.88 Å². The van der Waals surface area contributed by atoms with Crippen LogP contribution in [0.2, 0.25) is 0 Å². The molecule has 5 atom stereocenters. The van der Waals surface area contributed by atoms with E-state index in [1.54, 1.807) is 0 Å². The molecule has 2 heterocycles. The van der Waals surface area contributed by atoms with Gasteiger partial charge in [-0.2, -0.15) is 0 Å². The van der Waals surface area contributed by atoms with E-state index in [2.05, 4.69) is 4.98 Å². The van der Waals surface area contributed by atoms with Crippen molar-refractivity contribution < 1.29 is 34.7 Å². The summed E-state index contributed by atoms with van der Waals surface area (Å²) in [5.74, 6) is -0.105. The van der Waals surface area contributed by atoms with Crippen LogP contribution >= 0.6 is 11.3 Å². The van der Waals surface area contributed by atoms with E-state index in [1.165, 1.54) is 13.1 Å². The largest absolute Gasteiger partial charge is 0.394 e. The molecular formula is C12H17NO7S. The highest BCUT2D eigenvalue weighted by Crippen LogP contribution is 2.23. The van der Waals surface area contributed by atoms with Crippen molar-refractivity contribution in [3.05, 3.63) is 16.1 Å². The van der Waals surface area contributed by atoms with Gasteiger partial charge in [0.2, 0.25) is 0 Å². The zero-order valence-corrected chi connectivity index (χ0v) is 12.1. The number of ether oxygens (including phenoxy) is 2. The Hall–Kier alpha value is -0.940. The normalized spacial score (nSPS) is 33.1. The van der Waals surface area contributed by atoms with Crippen LogP contribution in [-0.4, -0.2) is 68.5 Å². The van der Waals surface area contributed by atoms with Gasteiger partial charge < -0.3 is 29.9 Å². The predicted molar refractivity (Wildman–Crippen MR) is 70.7 cm³/mol. The third kappa shape index (κ3) is 3.64. The fourth-order valence-electron chi connectivity index (χ4n) is 1.90. The summed E-state index contributed by atoms with van der Waals surface area (Å²) in [6.45, 7) is 0.882. The van der Waals surface area contributed by atoms with Crippen LogP contribution in [0.15, 0.2) is 6.20 Å². The van der Waals surface area contributed by atoms with E-state index < -0.39 is 37.3 Å². The summed E-state index contributed by atoms with van der Waals surface area (Å²) in [5.41, 5.74) is 0. The molecule has 118 valence electrons. The van der Waals surface area contributed by atoms with Gasteiger partial charge in [0.05, 0.1) is 11.5 Å². The van der Waals surface area contributed by atoms with E-state index in [-0.39, 0.29) is 12.4 Å². The summed E-state index contributed by atoms with van der Waals surface area (Å²) in [7, 11) is 0. The van der Waals surface area contributed by atoms with Crippen molar-refractivity contribution in [2.24, 2.45) is 0 Å². The van der Waals surface area contributed by atoms with Gasteiger partial charge in [-0.1, -0.05) is 0 Å². The zero-order valence-electron chi connectivity index (χ0n) is 11.2. The summed E-state index contributed by atoms with van der Waals surface area (Å²) < 4.78 is 10.5. The molecule has 2 rings (SSSR count). The van der Waals surface area contributed by atoms with E-state index in [4.69, 9.17) is 14.6 Å². The molecule has 1 fully saturated rings. The quantitative estimate of drug-likeness (QED) is 0.491. The Bertz CT molecular complexity index is 492. The molecule has 0 unspecified atom stereocenters. The number of carbonyl (C=O) groups is 1. The second-order valence-electron chi connectivity index (χ2n) is 4.68. The lowest BCUT2D eigenvalue weighted by Crippen LogP contribution is -2.59. The van der Waals surface area contributed by atoms with Crippen LogP contribution in [0.4, 0.5) is 0 Å². The first kappa shape index (κ1) is 16.4. The van der Waals surface area contributed by atoms with Gasteiger partial charge >= 0.3 is 0 Å². The molecule has 0 bridgehead atoms. The lowest BCUT2D eigenvalue weighted by molar-refractivity contribution is -0.304. The second kappa shape index (κ2) is 6.88. The molecule has 1 saturated heterocycles. The van der Waals surface area contributed by atoms with Gasteiger partial charge in [0, 0.05) is 13.1 Å². The average molecular weight is 319 g/mol.